The highest BCUT2D eigenvalue weighted by Crippen LogP contribution is 2.10. The maximum atomic E-state index is 12.0. The van der Waals surface area contributed by atoms with Crippen LogP contribution in [0.25, 0.3) is 0 Å². The highest BCUT2D eigenvalue weighted by Gasteiger charge is 2.15. The number of nitrogens with two attached hydrogens (primary N) is 1. The summed E-state index contributed by atoms with van der Waals surface area (Å²) in [6.07, 6.45) is 4.38. The van der Waals surface area contributed by atoms with E-state index in [1.165, 1.54) is 0 Å². The lowest BCUT2D eigenvalue weighted by Gasteiger charge is -2.15. The van der Waals surface area contributed by atoms with Crippen molar-refractivity contribution in [1.82, 2.24) is 15.1 Å². The van der Waals surface area contributed by atoms with Crippen LogP contribution >= 0.6 is 0 Å². The van der Waals surface area contributed by atoms with Crippen LogP contribution < -0.4 is 11.1 Å². The maximum absolute atomic E-state index is 12.0. The van der Waals surface area contributed by atoms with Gasteiger partial charge in [0.05, 0.1) is 12.6 Å². The lowest BCUT2D eigenvalue weighted by molar-refractivity contribution is -0.122. The summed E-state index contributed by atoms with van der Waals surface area (Å²) < 4.78 is 1.87. The number of carbonyl (C=O) groups is 1. The fourth-order valence-electron chi connectivity index (χ4n) is 2.38. The molecule has 0 radical (unpaired) electrons. The van der Waals surface area contributed by atoms with Crippen molar-refractivity contribution < 1.29 is 4.79 Å². The lowest BCUT2D eigenvalue weighted by atomic mass is 10.0. The number of rotatable bonds is 7. The Hall–Kier alpha value is -2.14. The second-order valence-electron chi connectivity index (χ2n) is 5.93. The zero-order valence-corrected chi connectivity index (χ0v) is 13.2. The van der Waals surface area contributed by atoms with Gasteiger partial charge in [-0.25, -0.2) is 0 Å². The summed E-state index contributed by atoms with van der Waals surface area (Å²) in [6.45, 7) is 5.30. The maximum Gasteiger partial charge on any atom is 0.237 e. The highest BCUT2D eigenvalue weighted by molar-refractivity contribution is 5.81. The molecule has 5 heteroatoms. The summed E-state index contributed by atoms with van der Waals surface area (Å²) in [5, 5.41) is 7.15. The summed E-state index contributed by atoms with van der Waals surface area (Å²) in [5.41, 5.74) is 8.13. The first-order valence-electron chi connectivity index (χ1n) is 7.63. The Bertz CT molecular complexity index is 592. The third-order valence-corrected chi connectivity index (χ3v) is 3.53. The normalized spacial score (nSPS) is 12.4. The lowest BCUT2D eigenvalue weighted by Crippen LogP contribution is -2.41. The third-order valence-electron chi connectivity index (χ3n) is 3.53. The molecule has 0 saturated carbocycles. The molecule has 0 aliphatic rings. The molecular formula is C17H24N4O. The zero-order valence-electron chi connectivity index (χ0n) is 13.2. The van der Waals surface area contributed by atoms with Crippen molar-refractivity contribution in [2.45, 2.75) is 39.4 Å². The van der Waals surface area contributed by atoms with Crippen molar-refractivity contribution in [3.05, 3.63) is 53.9 Å². The van der Waals surface area contributed by atoms with Crippen LogP contribution in [-0.4, -0.2) is 21.7 Å². The van der Waals surface area contributed by atoms with E-state index in [1.807, 2.05) is 35.1 Å². The van der Waals surface area contributed by atoms with Crippen LogP contribution in [0.5, 0.6) is 0 Å². The molecular weight excluding hydrogens is 276 g/mol. The topological polar surface area (TPSA) is 72.9 Å². The fraction of sp³-hybridized carbons (Fsp3) is 0.412. The van der Waals surface area contributed by atoms with Gasteiger partial charge in [-0.3, -0.25) is 9.48 Å². The van der Waals surface area contributed by atoms with E-state index in [-0.39, 0.29) is 5.91 Å². The van der Waals surface area contributed by atoms with Gasteiger partial charge < -0.3 is 11.1 Å². The molecule has 1 amide bonds. The van der Waals surface area contributed by atoms with E-state index in [0.29, 0.717) is 25.4 Å². The van der Waals surface area contributed by atoms with E-state index >= 15 is 0 Å². The summed E-state index contributed by atoms with van der Waals surface area (Å²) in [4.78, 5) is 12.0. The van der Waals surface area contributed by atoms with Gasteiger partial charge in [-0.05, 0) is 29.5 Å². The molecule has 0 bridgehead atoms. The van der Waals surface area contributed by atoms with Crippen LogP contribution in [0.1, 0.15) is 31.4 Å². The van der Waals surface area contributed by atoms with Gasteiger partial charge in [0, 0.05) is 18.9 Å². The predicted octanol–water partition coefficient (Wildman–Crippen LogP) is 1.92. The Labute approximate surface area is 131 Å². The second-order valence-corrected chi connectivity index (χ2v) is 5.93. The summed E-state index contributed by atoms with van der Waals surface area (Å²) >= 11 is 0. The van der Waals surface area contributed by atoms with Gasteiger partial charge in [-0.15, -0.1) is 0 Å². The Morgan fingerprint density at radius 2 is 2.00 bits per heavy atom. The SMILES string of the molecule is CC(C)C[C@H](N)C(=O)NCc1ccccc1Cn1cccn1. The third kappa shape index (κ3) is 4.70. The smallest absolute Gasteiger partial charge is 0.237 e. The van der Waals surface area contributed by atoms with Crippen LogP contribution in [0, 0.1) is 5.92 Å². The number of hydrogen-bond acceptors (Lipinski definition) is 3. The molecule has 0 unspecified atom stereocenters. The summed E-state index contributed by atoms with van der Waals surface area (Å²) in [5.74, 6) is 0.315. The van der Waals surface area contributed by atoms with E-state index in [2.05, 4.69) is 30.3 Å². The quantitative estimate of drug-likeness (QED) is 0.820. The summed E-state index contributed by atoms with van der Waals surface area (Å²) in [7, 11) is 0. The van der Waals surface area contributed by atoms with Gasteiger partial charge in [-0.1, -0.05) is 38.1 Å². The largest absolute Gasteiger partial charge is 0.351 e. The molecule has 118 valence electrons. The van der Waals surface area contributed by atoms with Gasteiger partial charge >= 0.3 is 0 Å². The van der Waals surface area contributed by atoms with Crippen LogP contribution in [0.4, 0.5) is 0 Å². The number of aromatic nitrogens is 2. The zero-order chi connectivity index (χ0) is 15.9. The molecule has 2 aromatic rings. The minimum Gasteiger partial charge on any atom is -0.351 e. The average molecular weight is 300 g/mol. The molecule has 0 fully saturated rings. The number of benzene rings is 1. The molecule has 1 aromatic carbocycles. The monoisotopic (exact) mass is 300 g/mol. The van der Waals surface area contributed by atoms with Gasteiger partial charge in [-0.2, -0.15) is 5.10 Å². The summed E-state index contributed by atoms with van der Waals surface area (Å²) in [6, 6.07) is 9.49. The van der Waals surface area contributed by atoms with Gasteiger partial charge in [0.2, 0.25) is 5.91 Å². The molecule has 3 N–H and O–H groups in total. The molecule has 2 rings (SSSR count). The van der Waals surface area contributed by atoms with Gasteiger partial charge in [0.1, 0.15) is 0 Å². The first-order chi connectivity index (χ1) is 10.6. The Kier molecular flexibility index (Phi) is 5.72. The van der Waals surface area contributed by atoms with Crippen LogP contribution in [-0.2, 0) is 17.9 Å². The molecule has 5 nitrogen and oxygen atoms in total. The van der Waals surface area contributed by atoms with E-state index in [0.717, 1.165) is 11.1 Å². The molecule has 0 aliphatic carbocycles. The van der Waals surface area contributed by atoms with Gasteiger partial charge in [0.25, 0.3) is 0 Å². The highest BCUT2D eigenvalue weighted by atomic mass is 16.2. The number of nitrogens with one attached hydrogen (secondary N) is 1. The van der Waals surface area contributed by atoms with Crippen molar-refractivity contribution in [3.63, 3.8) is 0 Å². The average Bonchev–Trinajstić information content (AvgIpc) is 2.98. The van der Waals surface area contributed by atoms with Crippen molar-refractivity contribution in [2.75, 3.05) is 0 Å². The number of nitrogens with zero attached hydrogens (tertiary/aromatic N) is 2. The van der Waals surface area contributed by atoms with Crippen LogP contribution in [0.2, 0.25) is 0 Å². The van der Waals surface area contributed by atoms with Crippen molar-refractivity contribution in [1.29, 1.82) is 0 Å². The Morgan fingerprint density at radius 3 is 2.64 bits per heavy atom. The molecule has 0 saturated heterocycles. The molecule has 0 aliphatic heterocycles. The van der Waals surface area contributed by atoms with E-state index in [1.54, 1.807) is 6.20 Å². The van der Waals surface area contributed by atoms with E-state index in [9.17, 15) is 4.79 Å². The number of amides is 1. The van der Waals surface area contributed by atoms with Crippen molar-refractivity contribution >= 4 is 5.91 Å². The van der Waals surface area contributed by atoms with Crippen LogP contribution in [0.15, 0.2) is 42.7 Å². The second kappa shape index (κ2) is 7.75. The number of hydrogen-bond donors (Lipinski definition) is 2. The van der Waals surface area contributed by atoms with Crippen molar-refractivity contribution in [3.8, 4) is 0 Å². The first kappa shape index (κ1) is 16.2. The predicted molar refractivity (Wildman–Crippen MR) is 87.0 cm³/mol. The first-order valence-corrected chi connectivity index (χ1v) is 7.63. The molecule has 1 aromatic heterocycles. The van der Waals surface area contributed by atoms with E-state index < -0.39 is 6.04 Å². The number of carbonyl (C=O) groups excluding carboxylic acids is 1. The Morgan fingerprint density at radius 1 is 1.27 bits per heavy atom. The molecule has 1 atom stereocenters. The van der Waals surface area contributed by atoms with E-state index in [4.69, 9.17) is 5.73 Å². The minimum atomic E-state index is -0.446. The molecule has 1 heterocycles. The van der Waals surface area contributed by atoms with Gasteiger partial charge in [0.15, 0.2) is 0 Å². The molecule has 22 heavy (non-hydrogen) atoms. The fourth-order valence-corrected chi connectivity index (χ4v) is 2.38. The van der Waals surface area contributed by atoms with Crippen LogP contribution in [0.3, 0.4) is 0 Å². The Balaban J connectivity index is 1.96. The standard InChI is InChI=1S/C17H24N4O/c1-13(2)10-16(18)17(22)19-11-14-6-3-4-7-15(14)12-21-9-5-8-20-21/h3-9,13,16H,10-12,18H2,1-2H3,(H,19,22)/t16-/m0/s1. The minimum absolute atomic E-state index is 0.0948. The molecule has 0 spiro atoms. The van der Waals surface area contributed by atoms with Crippen molar-refractivity contribution in [2.24, 2.45) is 11.7 Å².